The van der Waals surface area contributed by atoms with Crippen molar-refractivity contribution in [2.75, 3.05) is 13.1 Å². The van der Waals surface area contributed by atoms with Crippen molar-refractivity contribution in [1.29, 1.82) is 0 Å². The van der Waals surface area contributed by atoms with Gasteiger partial charge in [0.2, 0.25) is 0 Å². The van der Waals surface area contributed by atoms with Crippen molar-refractivity contribution in [1.82, 2.24) is 4.90 Å². The summed E-state index contributed by atoms with van der Waals surface area (Å²) in [5.74, 6) is 0.797. The zero-order valence-corrected chi connectivity index (χ0v) is 7.80. The molecule has 0 aromatic carbocycles. The van der Waals surface area contributed by atoms with Crippen LogP contribution in [0.25, 0.3) is 0 Å². The minimum absolute atomic E-state index is 0.529. The van der Waals surface area contributed by atoms with Crippen LogP contribution in [0.4, 0.5) is 4.39 Å². The first-order valence-corrected chi connectivity index (χ1v) is 5.15. The molecule has 1 nitrogen and oxygen atoms in total. The summed E-state index contributed by atoms with van der Waals surface area (Å²) in [5.41, 5.74) is 0. The maximum atomic E-state index is 12.6. The zero-order valence-electron chi connectivity index (χ0n) is 7.80. The van der Waals surface area contributed by atoms with Crippen molar-refractivity contribution in [3.63, 3.8) is 0 Å². The van der Waals surface area contributed by atoms with Gasteiger partial charge in [0, 0.05) is 19.1 Å². The number of nitrogens with zero attached hydrogens (tertiary/aromatic N) is 1. The van der Waals surface area contributed by atoms with Crippen molar-refractivity contribution >= 4 is 0 Å². The molecule has 1 aliphatic heterocycles. The summed E-state index contributed by atoms with van der Waals surface area (Å²) in [6, 6.07) is 0.700. The lowest BCUT2D eigenvalue weighted by Gasteiger charge is -2.45. The highest BCUT2D eigenvalue weighted by Crippen LogP contribution is 2.31. The van der Waals surface area contributed by atoms with Crippen LogP contribution in [-0.4, -0.2) is 30.2 Å². The van der Waals surface area contributed by atoms with E-state index in [1.54, 1.807) is 0 Å². The highest BCUT2D eigenvalue weighted by molar-refractivity contribution is 4.89. The van der Waals surface area contributed by atoms with Gasteiger partial charge in [-0.25, -0.2) is 4.39 Å². The van der Waals surface area contributed by atoms with E-state index in [9.17, 15) is 4.39 Å². The Balaban J connectivity index is 1.85. The Labute approximate surface area is 73.9 Å². The van der Waals surface area contributed by atoms with E-state index >= 15 is 0 Å². The molecule has 0 N–H and O–H groups in total. The van der Waals surface area contributed by atoms with Crippen LogP contribution < -0.4 is 0 Å². The van der Waals surface area contributed by atoms with Crippen LogP contribution in [0.3, 0.4) is 0 Å². The Morgan fingerprint density at radius 3 is 2.42 bits per heavy atom. The summed E-state index contributed by atoms with van der Waals surface area (Å²) < 4.78 is 12.6. The Morgan fingerprint density at radius 1 is 1.17 bits per heavy atom. The molecule has 70 valence electrons. The van der Waals surface area contributed by atoms with Crippen LogP contribution in [-0.2, 0) is 0 Å². The van der Waals surface area contributed by atoms with Gasteiger partial charge in [-0.2, -0.15) is 0 Å². The first-order valence-electron chi connectivity index (χ1n) is 5.15. The van der Waals surface area contributed by atoms with Gasteiger partial charge in [0.05, 0.1) is 0 Å². The predicted molar refractivity (Wildman–Crippen MR) is 47.9 cm³/mol. The van der Waals surface area contributed by atoms with E-state index in [2.05, 4.69) is 11.8 Å². The van der Waals surface area contributed by atoms with Crippen LogP contribution in [0, 0.1) is 5.92 Å². The van der Waals surface area contributed by atoms with Gasteiger partial charge in [-0.3, -0.25) is 4.90 Å². The van der Waals surface area contributed by atoms with Gasteiger partial charge in [-0.1, -0.05) is 19.8 Å². The average molecular weight is 171 g/mol. The molecule has 1 saturated carbocycles. The van der Waals surface area contributed by atoms with E-state index in [4.69, 9.17) is 0 Å². The Bertz CT molecular complexity index is 154. The van der Waals surface area contributed by atoms with Gasteiger partial charge in [-0.15, -0.1) is 0 Å². The van der Waals surface area contributed by atoms with E-state index < -0.39 is 6.17 Å². The molecule has 0 aromatic rings. The molecular formula is C10H18FN. The Kier molecular flexibility index (Phi) is 2.35. The van der Waals surface area contributed by atoms with Gasteiger partial charge in [0.1, 0.15) is 6.17 Å². The van der Waals surface area contributed by atoms with Crippen molar-refractivity contribution in [2.24, 2.45) is 5.92 Å². The highest BCUT2D eigenvalue weighted by atomic mass is 19.1. The third kappa shape index (κ3) is 1.49. The molecule has 0 bridgehead atoms. The minimum Gasteiger partial charge on any atom is -0.294 e. The molecule has 1 heterocycles. The number of alkyl halides is 1. The third-order valence-electron chi connectivity index (χ3n) is 3.40. The van der Waals surface area contributed by atoms with E-state index in [1.807, 2.05) is 0 Å². The molecule has 2 atom stereocenters. The summed E-state index contributed by atoms with van der Waals surface area (Å²) in [4.78, 5) is 2.33. The fraction of sp³-hybridized carbons (Fsp3) is 1.00. The Morgan fingerprint density at radius 2 is 1.83 bits per heavy atom. The molecule has 2 heteroatoms. The molecule has 2 unspecified atom stereocenters. The van der Waals surface area contributed by atoms with Gasteiger partial charge in [0.25, 0.3) is 0 Å². The molecule has 1 saturated heterocycles. The molecule has 2 aliphatic rings. The predicted octanol–water partition coefficient (Wildman–Crippen LogP) is 2.22. The fourth-order valence-electron chi connectivity index (χ4n) is 2.57. The fourth-order valence-corrected chi connectivity index (χ4v) is 2.57. The van der Waals surface area contributed by atoms with E-state index in [1.165, 1.54) is 25.7 Å². The van der Waals surface area contributed by atoms with Crippen molar-refractivity contribution in [3.8, 4) is 0 Å². The van der Waals surface area contributed by atoms with Gasteiger partial charge >= 0.3 is 0 Å². The van der Waals surface area contributed by atoms with Crippen LogP contribution in [0.2, 0.25) is 0 Å². The molecule has 1 aliphatic carbocycles. The van der Waals surface area contributed by atoms with Gasteiger partial charge < -0.3 is 0 Å². The first kappa shape index (κ1) is 8.49. The number of halogens is 1. The van der Waals surface area contributed by atoms with Crippen LogP contribution in [0.1, 0.15) is 32.6 Å². The quantitative estimate of drug-likeness (QED) is 0.584. The number of hydrogen-bond acceptors (Lipinski definition) is 1. The number of likely N-dealkylation sites (tertiary alicyclic amines) is 1. The SMILES string of the molecule is CC1CCCCC1N1CC(F)C1. The van der Waals surface area contributed by atoms with Gasteiger partial charge in [0.15, 0.2) is 0 Å². The van der Waals surface area contributed by atoms with E-state index in [0.29, 0.717) is 19.1 Å². The second-order valence-corrected chi connectivity index (χ2v) is 4.38. The largest absolute Gasteiger partial charge is 0.294 e. The molecule has 0 aromatic heterocycles. The monoisotopic (exact) mass is 171 g/mol. The average Bonchev–Trinajstić information content (AvgIpc) is 2.01. The number of hydrogen-bond donors (Lipinski definition) is 0. The second-order valence-electron chi connectivity index (χ2n) is 4.38. The molecule has 0 spiro atoms. The lowest BCUT2D eigenvalue weighted by atomic mass is 9.83. The molecule has 0 radical (unpaired) electrons. The Hall–Kier alpha value is -0.110. The highest BCUT2D eigenvalue weighted by Gasteiger charge is 2.35. The molecular weight excluding hydrogens is 153 g/mol. The summed E-state index contributed by atoms with van der Waals surface area (Å²) in [6.45, 7) is 3.72. The maximum Gasteiger partial charge on any atom is 0.125 e. The second kappa shape index (κ2) is 3.33. The summed E-state index contributed by atoms with van der Waals surface area (Å²) in [6.07, 6.45) is 4.85. The van der Waals surface area contributed by atoms with Crippen LogP contribution in [0.5, 0.6) is 0 Å². The summed E-state index contributed by atoms with van der Waals surface area (Å²) >= 11 is 0. The third-order valence-corrected chi connectivity index (χ3v) is 3.40. The summed E-state index contributed by atoms with van der Waals surface area (Å²) in [5, 5.41) is 0. The number of rotatable bonds is 1. The molecule has 12 heavy (non-hydrogen) atoms. The maximum absolute atomic E-state index is 12.6. The van der Waals surface area contributed by atoms with Crippen molar-refractivity contribution < 1.29 is 4.39 Å². The van der Waals surface area contributed by atoms with Gasteiger partial charge in [-0.05, 0) is 18.8 Å². The van der Waals surface area contributed by atoms with E-state index in [-0.39, 0.29) is 0 Å². The molecule has 0 amide bonds. The summed E-state index contributed by atoms with van der Waals surface area (Å²) in [7, 11) is 0. The zero-order chi connectivity index (χ0) is 8.55. The normalized spacial score (nSPS) is 39.5. The van der Waals surface area contributed by atoms with Crippen LogP contribution >= 0.6 is 0 Å². The van der Waals surface area contributed by atoms with Crippen molar-refractivity contribution in [2.45, 2.75) is 44.8 Å². The minimum atomic E-state index is -0.529. The standard InChI is InChI=1S/C10H18FN/c1-8-4-2-3-5-10(8)12-6-9(11)7-12/h8-10H,2-7H2,1H3. The smallest absolute Gasteiger partial charge is 0.125 e. The van der Waals surface area contributed by atoms with E-state index in [0.717, 1.165) is 5.92 Å². The lowest BCUT2D eigenvalue weighted by molar-refractivity contribution is -0.00575. The van der Waals surface area contributed by atoms with Crippen molar-refractivity contribution in [3.05, 3.63) is 0 Å². The molecule has 2 fully saturated rings. The van der Waals surface area contributed by atoms with Crippen LogP contribution in [0.15, 0.2) is 0 Å². The molecule has 2 rings (SSSR count). The first-order chi connectivity index (χ1) is 5.77. The topological polar surface area (TPSA) is 3.24 Å². The lowest BCUT2D eigenvalue weighted by Crippen LogP contribution is -2.56.